The van der Waals surface area contributed by atoms with E-state index in [0.29, 0.717) is 23.7 Å². The van der Waals surface area contributed by atoms with E-state index >= 15 is 0 Å². The van der Waals surface area contributed by atoms with Crippen LogP contribution in [0.25, 0.3) is 11.3 Å². The molecule has 0 aliphatic rings. The summed E-state index contributed by atoms with van der Waals surface area (Å²) in [6.45, 7) is 0.336. The maximum atomic E-state index is 9.68. The molecule has 0 unspecified atom stereocenters. The number of phenolic OH excluding ortho intramolecular Hbond substituents is 1. The molecule has 5 nitrogen and oxygen atoms in total. The summed E-state index contributed by atoms with van der Waals surface area (Å²) in [5, 5.41) is 9.68. The number of aromatic nitrogens is 2. The summed E-state index contributed by atoms with van der Waals surface area (Å²) >= 11 is 0. The van der Waals surface area contributed by atoms with Gasteiger partial charge in [-0.2, -0.15) is 0 Å². The Balaban J connectivity index is 2.42. The molecule has 1 heterocycles. The Morgan fingerprint density at radius 3 is 2.82 bits per heavy atom. The van der Waals surface area contributed by atoms with Crippen LogP contribution in [0.2, 0.25) is 0 Å². The zero-order valence-electron chi connectivity index (χ0n) is 9.42. The number of nitrogens with zero attached hydrogens (tertiary/aromatic N) is 2. The summed E-state index contributed by atoms with van der Waals surface area (Å²) in [4.78, 5) is 8.37. The van der Waals surface area contributed by atoms with Gasteiger partial charge < -0.3 is 15.6 Å². The first-order chi connectivity index (χ1) is 8.24. The van der Waals surface area contributed by atoms with Gasteiger partial charge in [-0.1, -0.05) is 0 Å². The first kappa shape index (κ1) is 11.3. The number of aromatic hydroxyl groups is 1. The van der Waals surface area contributed by atoms with Gasteiger partial charge >= 0.3 is 0 Å². The van der Waals surface area contributed by atoms with Gasteiger partial charge in [0.05, 0.1) is 24.7 Å². The lowest BCUT2D eigenvalue weighted by atomic mass is 10.1. The average Bonchev–Trinajstić information content (AvgIpc) is 2.38. The molecule has 17 heavy (non-hydrogen) atoms. The van der Waals surface area contributed by atoms with E-state index in [4.69, 9.17) is 10.5 Å². The molecule has 3 N–H and O–H groups in total. The molecule has 1 aromatic heterocycles. The van der Waals surface area contributed by atoms with Crippen molar-refractivity contribution in [3.05, 3.63) is 36.3 Å². The van der Waals surface area contributed by atoms with Crippen molar-refractivity contribution in [2.45, 2.75) is 6.54 Å². The fraction of sp³-hybridized carbons (Fsp3) is 0.167. The predicted octanol–water partition coefficient (Wildman–Crippen LogP) is 1.32. The van der Waals surface area contributed by atoms with E-state index in [1.807, 2.05) is 6.07 Å². The van der Waals surface area contributed by atoms with E-state index < -0.39 is 0 Å². The number of nitrogens with two attached hydrogens (primary N) is 1. The van der Waals surface area contributed by atoms with Gasteiger partial charge in [-0.15, -0.1) is 0 Å². The predicted molar refractivity (Wildman–Crippen MR) is 63.6 cm³/mol. The molecule has 0 bridgehead atoms. The molecule has 0 amide bonds. The minimum atomic E-state index is 0.0740. The zero-order valence-corrected chi connectivity index (χ0v) is 9.42. The molecule has 0 radical (unpaired) electrons. The molecule has 0 saturated heterocycles. The van der Waals surface area contributed by atoms with Gasteiger partial charge in [-0.25, -0.2) is 4.98 Å². The number of phenols is 1. The lowest BCUT2D eigenvalue weighted by molar-refractivity contribution is 0.373. The number of hydrogen-bond acceptors (Lipinski definition) is 5. The Morgan fingerprint density at radius 2 is 2.18 bits per heavy atom. The SMILES string of the molecule is COc1ccc(-c2cncc(CN)n2)cc1O. The molecule has 0 fully saturated rings. The Bertz CT molecular complexity index is 529. The summed E-state index contributed by atoms with van der Waals surface area (Å²) in [7, 11) is 1.50. The Morgan fingerprint density at radius 1 is 1.35 bits per heavy atom. The Hall–Kier alpha value is -2.14. The summed E-state index contributed by atoms with van der Waals surface area (Å²) in [6.07, 6.45) is 3.24. The molecule has 1 aromatic carbocycles. The molecule has 0 atom stereocenters. The Labute approximate surface area is 98.9 Å². The van der Waals surface area contributed by atoms with Crippen LogP contribution in [0.3, 0.4) is 0 Å². The number of ether oxygens (including phenoxy) is 1. The smallest absolute Gasteiger partial charge is 0.160 e. The van der Waals surface area contributed by atoms with Gasteiger partial charge in [0.1, 0.15) is 0 Å². The second kappa shape index (κ2) is 4.80. The van der Waals surface area contributed by atoms with E-state index in [1.54, 1.807) is 24.5 Å². The highest BCUT2D eigenvalue weighted by molar-refractivity contribution is 5.63. The van der Waals surface area contributed by atoms with Crippen molar-refractivity contribution in [3.63, 3.8) is 0 Å². The molecular weight excluding hydrogens is 218 g/mol. The molecule has 88 valence electrons. The van der Waals surface area contributed by atoms with E-state index in [0.717, 1.165) is 5.56 Å². The minimum Gasteiger partial charge on any atom is -0.504 e. The van der Waals surface area contributed by atoms with Gasteiger partial charge in [0.15, 0.2) is 11.5 Å². The lowest BCUT2D eigenvalue weighted by Gasteiger charge is -2.06. The van der Waals surface area contributed by atoms with Gasteiger partial charge in [-0.05, 0) is 18.2 Å². The maximum Gasteiger partial charge on any atom is 0.160 e. The number of benzene rings is 1. The summed E-state index contributed by atoms with van der Waals surface area (Å²) in [5.74, 6) is 0.502. The largest absolute Gasteiger partial charge is 0.504 e. The van der Waals surface area contributed by atoms with Crippen LogP contribution in [0.15, 0.2) is 30.6 Å². The second-order valence-corrected chi connectivity index (χ2v) is 3.49. The zero-order chi connectivity index (χ0) is 12.3. The molecule has 0 aliphatic carbocycles. The van der Waals surface area contributed by atoms with E-state index in [9.17, 15) is 5.11 Å². The van der Waals surface area contributed by atoms with Crippen molar-refractivity contribution in [2.24, 2.45) is 5.73 Å². The van der Waals surface area contributed by atoms with Crippen LogP contribution < -0.4 is 10.5 Å². The van der Waals surface area contributed by atoms with Crippen LogP contribution in [0.4, 0.5) is 0 Å². The van der Waals surface area contributed by atoms with Crippen LogP contribution in [-0.2, 0) is 6.54 Å². The molecule has 5 heteroatoms. The molecule has 2 aromatic rings. The van der Waals surface area contributed by atoms with E-state index in [1.165, 1.54) is 7.11 Å². The van der Waals surface area contributed by atoms with Crippen molar-refractivity contribution in [1.29, 1.82) is 0 Å². The summed E-state index contributed by atoms with van der Waals surface area (Å²) < 4.78 is 4.97. The first-order valence-corrected chi connectivity index (χ1v) is 5.13. The highest BCUT2D eigenvalue weighted by Crippen LogP contribution is 2.30. The quantitative estimate of drug-likeness (QED) is 0.832. The van der Waals surface area contributed by atoms with Crippen molar-refractivity contribution < 1.29 is 9.84 Å². The topological polar surface area (TPSA) is 81.3 Å². The molecular formula is C12H13N3O2. The maximum absolute atomic E-state index is 9.68. The monoisotopic (exact) mass is 231 g/mol. The standard InChI is InChI=1S/C12H13N3O2/c1-17-12-3-2-8(4-11(12)16)10-7-14-6-9(5-13)15-10/h2-4,6-7,16H,5,13H2,1H3. The third kappa shape index (κ3) is 2.34. The van der Waals surface area contributed by atoms with Crippen LogP contribution in [0.1, 0.15) is 5.69 Å². The molecule has 0 saturated carbocycles. The van der Waals surface area contributed by atoms with E-state index in [-0.39, 0.29) is 5.75 Å². The third-order valence-corrected chi connectivity index (χ3v) is 2.37. The summed E-state index contributed by atoms with van der Waals surface area (Å²) in [5.41, 5.74) is 7.65. The van der Waals surface area contributed by atoms with Crippen molar-refractivity contribution in [3.8, 4) is 22.8 Å². The average molecular weight is 231 g/mol. The van der Waals surface area contributed by atoms with Gasteiger partial charge in [-0.3, -0.25) is 4.98 Å². The molecule has 0 aliphatic heterocycles. The normalized spacial score (nSPS) is 10.2. The fourth-order valence-electron chi connectivity index (χ4n) is 1.49. The fourth-order valence-corrected chi connectivity index (χ4v) is 1.49. The van der Waals surface area contributed by atoms with Crippen molar-refractivity contribution in [2.75, 3.05) is 7.11 Å². The van der Waals surface area contributed by atoms with Gasteiger partial charge in [0, 0.05) is 18.3 Å². The number of hydrogen-bond donors (Lipinski definition) is 2. The third-order valence-electron chi connectivity index (χ3n) is 2.37. The van der Waals surface area contributed by atoms with Crippen molar-refractivity contribution in [1.82, 2.24) is 9.97 Å². The first-order valence-electron chi connectivity index (χ1n) is 5.13. The lowest BCUT2D eigenvalue weighted by Crippen LogP contribution is -2.01. The minimum absolute atomic E-state index is 0.0740. The Kier molecular flexibility index (Phi) is 3.20. The van der Waals surface area contributed by atoms with Crippen LogP contribution in [0.5, 0.6) is 11.5 Å². The summed E-state index contributed by atoms with van der Waals surface area (Å²) in [6, 6.07) is 5.08. The highest BCUT2D eigenvalue weighted by Gasteiger charge is 2.06. The highest BCUT2D eigenvalue weighted by atomic mass is 16.5. The van der Waals surface area contributed by atoms with Gasteiger partial charge in [0.25, 0.3) is 0 Å². The van der Waals surface area contributed by atoms with Gasteiger partial charge in [0.2, 0.25) is 0 Å². The van der Waals surface area contributed by atoms with Crippen LogP contribution in [0, 0.1) is 0 Å². The number of methoxy groups -OCH3 is 1. The number of rotatable bonds is 3. The molecule has 0 spiro atoms. The molecule has 2 rings (SSSR count). The van der Waals surface area contributed by atoms with Crippen molar-refractivity contribution >= 4 is 0 Å². The van der Waals surface area contributed by atoms with Crippen LogP contribution in [-0.4, -0.2) is 22.2 Å². The second-order valence-electron chi connectivity index (χ2n) is 3.49. The van der Waals surface area contributed by atoms with Crippen LogP contribution >= 0.6 is 0 Å². The van der Waals surface area contributed by atoms with E-state index in [2.05, 4.69) is 9.97 Å².